The molecule has 1 aromatic carbocycles. The first kappa shape index (κ1) is 13.8. The molecule has 0 fully saturated rings. The first-order chi connectivity index (χ1) is 8.11. The molecule has 0 unspecified atom stereocenters. The van der Waals surface area contributed by atoms with Crippen molar-refractivity contribution in [1.82, 2.24) is 4.90 Å². The lowest BCUT2D eigenvalue weighted by molar-refractivity contribution is 0.288. The van der Waals surface area contributed by atoms with E-state index in [0.29, 0.717) is 5.92 Å². The molecule has 17 heavy (non-hydrogen) atoms. The van der Waals surface area contributed by atoms with E-state index < -0.39 is 0 Å². The summed E-state index contributed by atoms with van der Waals surface area (Å²) >= 11 is 0. The van der Waals surface area contributed by atoms with E-state index in [-0.39, 0.29) is 6.61 Å². The van der Waals surface area contributed by atoms with Crippen LogP contribution in [0.1, 0.15) is 25.0 Å². The predicted octanol–water partition coefficient (Wildman–Crippen LogP) is 2.12. The number of aliphatic hydroxyl groups is 1. The van der Waals surface area contributed by atoms with E-state index in [0.717, 1.165) is 18.7 Å². The highest BCUT2D eigenvalue weighted by Crippen LogP contribution is 2.08. The van der Waals surface area contributed by atoms with Crippen LogP contribution in [0.5, 0.6) is 0 Å². The lowest BCUT2D eigenvalue weighted by atomic mass is 10.1. The standard InChI is InChI=1S/C15H21NO/c1-13(2)11-16(3)12-15-7-4-6-14(10-15)8-5-9-17/h4,6-7,10,13,17H,9,11-12H2,1-3H3. The normalized spacial score (nSPS) is 10.5. The summed E-state index contributed by atoms with van der Waals surface area (Å²) in [5.41, 5.74) is 2.23. The van der Waals surface area contributed by atoms with Gasteiger partial charge >= 0.3 is 0 Å². The molecule has 0 heterocycles. The van der Waals surface area contributed by atoms with Crippen molar-refractivity contribution < 1.29 is 5.11 Å². The first-order valence-corrected chi connectivity index (χ1v) is 5.99. The summed E-state index contributed by atoms with van der Waals surface area (Å²) in [6.07, 6.45) is 0. The zero-order valence-electron chi connectivity index (χ0n) is 10.9. The second-order valence-corrected chi connectivity index (χ2v) is 4.75. The molecular formula is C15H21NO. The van der Waals surface area contributed by atoms with Crippen LogP contribution in [-0.2, 0) is 6.54 Å². The van der Waals surface area contributed by atoms with Crippen LogP contribution in [0.4, 0.5) is 0 Å². The number of hydrogen-bond donors (Lipinski definition) is 1. The van der Waals surface area contributed by atoms with Gasteiger partial charge in [0.2, 0.25) is 0 Å². The molecule has 0 aliphatic heterocycles. The van der Waals surface area contributed by atoms with Gasteiger partial charge in [-0.25, -0.2) is 0 Å². The second-order valence-electron chi connectivity index (χ2n) is 4.75. The highest BCUT2D eigenvalue weighted by atomic mass is 16.2. The molecule has 0 spiro atoms. The smallest absolute Gasteiger partial charge is 0.104 e. The molecule has 0 aliphatic carbocycles. The molecule has 0 aromatic heterocycles. The molecule has 0 atom stereocenters. The van der Waals surface area contributed by atoms with Gasteiger partial charge in [-0.05, 0) is 30.7 Å². The van der Waals surface area contributed by atoms with Crippen molar-refractivity contribution in [3.63, 3.8) is 0 Å². The predicted molar refractivity (Wildman–Crippen MR) is 71.6 cm³/mol. The van der Waals surface area contributed by atoms with Crippen LogP contribution < -0.4 is 0 Å². The van der Waals surface area contributed by atoms with Crippen molar-refractivity contribution >= 4 is 0 Å². The van der Waals surface area contributed by atoms with E-state index in [1.54, 1.807) is 0 Å². The Morgan fingerprint density at radius 3 is 2.76 bits per heavy atom. The monoisotopic (exact) mass is 231 g/mol. The van der Waals surface area contributed by atoms with Crippen molar-refractivity contribution in [2.45, 2.75) is 20.4 Å². The number of rotatable bonds is 4. The summed E-state index contributed by atoms with van der Waals surface area (Å²) in [6.45, 7) is 6.39. The molecule has 92 valence electrons. The van der Waals surface area contributed by atoms with E-state index in [1.165, 1.54) is 5.56 Å². The summed E-state index contributed by atoms with van der Waals surface area (Å²) < 4.78 is 0. The third-order valence-electron chi connectivity index (χ3n) is 2.37. The lowest BCUT2D eigenvalue weighted by Gasteiger charge is -2.18. The maximum atomic E-state index is 8.66. The molecule has 1 aromatic rings. The van der Waals surface area contributed by atoms with Gasteiger partial charge in [-0.2, -0.15) is 0 Å². The van der Waals surface area contributed by atoms with Gasteiger partial charge in [0.25, 0.3) is 0 Å². The minimum atomic E-state index is -0.0858. The van der Waals surface area contributed by atoms with Crippen molar-refractivity contribution in [3.05, 3.63) is 35.4 Å². The Morgan fingerprint density at radius 2 is 2.12 bits per heavy atom. The quantitative estimate of drug-likeness (QED) is 0.802. The highest BCUT2D eigenvalue weighted by molar-refractivity contribution is 5.37. The van der Waals surface area contributed by atoms with E-state index >= 15 is 0 Å². The zero-order valence-corrected chi connectivity index (χ0v) is 10.9. The molecule has 0 aliphatic rings. The van der Waals surface area contributed by atoms with Crippen molar-refractivity contribution in [2.75, 3.05) is 20.2 Å². The maximum Gasteiger partial charge on any atom is 0.104 e. The number of benzene rings is 1. The summed E-state index contributed by atoms with van der Waals surface area (Å²) in [7, 11) is 2.13. The van der Waals surface area contributed by atoms with Gasteiger partial charge in [0.15, 0.2) is 0 Å². The summed E-state index contributed by atoms with van der Waals surface area (Å²) in [5.74, 6) is 6.28. The van der Waals surface area contributed by atoms with Crippen molar-refractivity contribution in [3.8, 4) is 11.8 Å². The molecule has 2 nitrogen and oxygen atoms in total. The molecule has 0 saturated carbocycles. The van der Waals surface area contributed by atoms with E-state index in [9.17, 15) is 0 Å². The Bertz CT molecular complexity index is 401. The van der Waals surface area contributed by atoms with Gasteiger partial charge in [-0.15, -0.1) is 0 Å². The molecular weight excluding hydrogens is 210 g/mol. The average Bonchev–Trinajstić information content (AvgIpc) is 2.25. The van der Waals surface area contributed by atoms with Crippen LogP contribution in [0.3, 0.4) is 0 Å². The third-order valence-corrected chi connectivity index (χ3v) is 2.37. The van der Waals surface area contributed by atoms with E-state index in [1.807, 2.05) is 12.1 Å². The number of nitrogens with zero attached hydrogens (tertiary/aromatic N) is 1. The molecule has 0 saturated heterocycles. The van der Waals surface area contributed by atoms with Crippen molar-refractivity contribution in [1.29, 1.82) is 0 Å². The van der Waals surface area contributed by atoms with Crippen LogP contribution in [0.15, 0.2) is 24.3 Å². The SMILES string of the molecule is CC(C)CN(C)Cc1cccc(C#CCO)c1. The number of aliphatic hydroxyl groups excluding tert-OH is 1. The summed E-state index contributed by atoms with van der Waals surface area (Å²) in [5, 5.41) is 8.66. The average molecular weight is 231 g/mol. The van der Waals surface area contributed by atoms with Crippen LogP contribution in [0.25, 0.3) is 0 Å². The molecule has 1 rings (SSSR count). The van der Waals surface area contributed by atoms with Crippen LogP contribution in [0.2, 0.25) is 0 Å². The first-order valence-electron chi connectivity index (χ1n) is 5.99. The van der Waals surface area contributed by atoms with Gasteiger partial charge < -0.3 is 10.0 Å². The Kier molecular flexibility index (Phi) is 5.76. The lowest BCUT2D eigenvalue weighted by Crippen LogP contribution is -2.22. The zero-order chi connectivity index (χ0) is 12.7. The molecule has 0 radical (unpaired) electrons. The highest BCUT2D eigenvalue weighted by Gasteiger charge is 2.03. The Balaban J connectivity index is 2.65. The summed E-state index contributed by atoms with van der Waals surface area (Å²) in [6, 6.07) is 8.18. The fourth-order valence-corrected chi connectivity index (χ4v) is 1.89. The topological polar surface area (TPSA) is 23.5 Å². The fourth-order valence-electron chi connectivity index (χ4n) is 1.89. The molecule has 0 bridgehead atoms. The van der Waals surface area contributed by atoms with Crippen molar-refractivity contribution in [2.24, 2.45) is 5.92 Å². The molecule has 1 N–H and O–H groups in total. The fraction of sp³-hybridized carbons (Fsp3) is 0.467. The largest absolute Gasteiger partial charge is 0.384 e. The molecule has 2 heteroatoms. The Morgan fingerprint density at radius 1 is 1.35 bits per heavy atom. The minimum absolute atomic E-state index is 0.0858. The second kappa shape index (κ2) is 7.11. The minimum Gasteiger partial charge on any atom is -0.384 e. The molecule has 0 amide bonds. The van der Waals surface area contributed by atoms with E-state index in [2.05, 4.69) is 49.8 Å². The van der Waals surface area contributed by atoms with Crippen LogP contribution in [-0.4, -0.2) is 30.2 Å². The van der Waals surface area contributed by atoms with Gasteiger partial charge in [-0.1, -0.05) is 37.8 Å². The van der Waals surface area contributed by atoms with Crippen LogP contribution in [0, 0.1) is 17.8 Å². The van der Waals surface area contributed by atoms with Gasteiger partial charge in [0, 0.05) is 18.7 Å². The Hall–Kier alpha value is -1.30. The Labute approximate surface area is 104 Å². The van der Waals surface area contributed by atoms with E-state index in [4.69, 9.17) is 5.11 Å². The van der Waals surface area contributed by atoms with Gasteiger partial charge in [0.05, 0.1) is 0 Å². The van der Waals surface area contributed by atoms with Gasteiger partial charge in [0.1, 0.15) is 6.61 Å². The summed E-state index contributed by atoms with van der Waals surface area (Å²) in [4.78, 5) is 2.31. The number of hydrogen-bond acceptors (Lipinski definition) is 2. The van der Waals surface area contributed by atoms with Gasteiger partial charge in [-0.3, -0.25) is 0 Å². The maximum absolute atomic E-state index is 8.66. The third kappa shape index (κ3) is 5.53. The van der Waals surface area contributed by atoms with Crippen LogP contribution >= 0.6 is 0 Å².